The number of rotatable bonds is 7. The molecule has 0 bridgehead atoms. The summed E-state index contributed by atoms with van der Waals surface area (Å²) in [7, 11) is 1.93. The summed E-state index contributed by atoms with van der Waals surface area (Å²) >= 11 is 7.52. The Kier molecular flexibility index (Phi) is 6.53. The van der Waals surface area contributed by atoms with Crippen LogP contribution in [0.5, 0.6) is 0 Å². The summed E-state index contributed by atoms with van der Waals surface area (Å²) in [6.45, 7) is 2.26. The molecule has 0 saturated carbocycles. The third-order valence-electron chi connectivity index (χ3n) is 4.19. The minimum absolute atomic E-state index is 0.0625. The molecule has 0 aliphatic carbocycles. The summed E-state index contributed by atoms with van der Waals surface area (Å²) in [6, 6.07) is 17.6. The molecule has 0 aliphatic rings. The molecule has 0 fully saturated rings. The van der Waals surface area contributed by atoms with Gasteiger partial charge in [-0.05, 0) is 24.1 Å². The lowest BCUT2D eigenvalue weighted by Gasteiger charge is -2.12. The van der Waals surface area contributed by atoms with Crippen LogP contribution in [0.25, 0.3) is 0 Å². The quantitative estimate of drug-likeness (QED) is 0.612. The molecule has 1 amide bonds. The van der Waals surface area contributed by atoms with E-state index in [0.29, 0.717) is 18.0 Å². The zero-order valence-corrected chi connectivity index (χ0v) is 16.8. The molecule has 1 atom stereocenters. The minimum atomic E-state index is -0.292. The van der Waals surface area contributed by atoms with Gasteiger partial charge in [0.15, 0.2) is 5.16 Å². The molecule has 5 nitrogen and oxygen atoms in total. The first-order chi connectivity index (χ1) is 13.0. The number of carbonyl (C=O) groups excluding carboxylic acids is 1. The van der Waals surface area contributed by atoms with Gasteiger partial charge in [0.05, 0.1) is 5.25 Å². The molecule has 0 spiro atoms. The maximum absolute atomic E-state index is 12.4. The maximum atomic E-state index is 12.4. The number of hydrogen-bond acceptors (Lipinski definition) is 4. The Bertz CT molecular complexity index is 913. The number of halogens is 1. The van der Waals surface area contributed by atoms with Gasteiger partial charge in [-0.25, -0.2) is 0 Å². The zero-order chi connectivity index (χ0) is 19.2. The Morgan fingerprint density at radius 3 is 2.59 bits per heavy atom. The van der Waals surface area contributed by atoms with E-state index >= 15 is 0 Å². The summed E-state index contributed by atoms with van der Waals surface area (Å²) in [6.07, 6.45) is 0.706. The van der Waals surface area contributed by atoms with Crippen LogP contribution in [0.2, 0.25) is 5.02 Å². The van der Waals surface area contributed by atoms with Crippen molar-refractivity contribution in [3.05, 3.63) is 76.6 Å². The molecule has 140 valence electrons. The molecule has 7 heteroatoms. The molecule has 1 heterocycles. The predicted octanol–water partition coefficient (Wildman–Crippen LogP) is 3.86. The highest BCUT2D eigenvalue weighted by molar-refractivity contribution is 8.00. The molecular formula is C20H21ClN4OS. The van der Waals surface area contributed by atoms with E-state index in [0.717, 1.165) is 16.5 Å². The lowest BCUT2D eigenvalue weighted by molar-refractivity contribution is -0.120. The average Bonchev–Trinajstić information content (AvgIpc) is 3.01. The Labute approximate surface area is 168 Å². The first-order valence-corrected chi connectivity index (χ1v) is 9.90. The zero-order valence-electron chi connectivity index (χ0n) is 15.2. The van der Waals surface area contributed by atoms with Crippen molar-refractivity contribution in [2.24, 2.45) is 7.05 Å². The molecule has 1 N–H and O–H groups in total. The number of thioether (sulfide) groups is 1. The minimum Gasteiger partial charge on any atom is -0.351 e. The summed E-state index contributed by atoms with van der Waals surface area (Å²) in [5, 5.41) is 12.5. The fraction of sp³-hybridized carbons (Fsp3) is 0.250. The van der Waals surface area contributed by atoms with Crippen LogP contribution in [0.3, 0.4) is 0 Å². The first kappa shape index (κ1) is 19.5. The third kappa shape index (κ3) is 5.11. The number of nitrogens with one attached hydrogen (secondary N) is 1. The first-order valence-electron chi connectivity index (χ1n) is 8.64. The van der Waals surface area contributed by atoms with Gasteiger partial charge in [0.25, 0.3) is 0 Å². The van der Waals surface area contributed by atoms with Crippen LogP contribution < -0.4 is 5.32 Å². The van der Waals surface area contributed by atoms with Crippen molar-refractivity contribution in [1.29, 1.82) is 0 Å². The summed E-state index contributed by atoms with van der Waals surface area (Å²) < 4.78 is 1.94. The van der Waals surface area contributed by atoms with Crippen LogP contribution in [-0.4, -0.2) is 25.9 Å². The fourth-order valence-corrected chi connectivity index (χ4v) is 3.62. The van der Waals surface area contributed by atoms with E-state index in [4.69, 9.17) is 11.6 Å². The normalized spacial score (nSPS) is 12.0. The molecule has 2 aromatic carbocycles. The number of carbonyl (C=O) groups is 1. The number of hydrogen-bond donors (Lipinski definition) is 1. The highest BCUT2D eigenvalue weighted by Crippen LogP contribution is 2.23. The second-order valence-electron chi connectivity index (χ2n) is 6.19. The van der Waals surface area contributed by atoms with Gasteiger partial charge in [-0.2, -0.15) is 0 Å². The van der Waals surface area contributed by atoms with Crippen LogP contribution >= 0.6 is 23.4 Å². The number of aromatic nitrogens is 3. The van der Waals surface area contributed by atoms with Crippen molar-refractivity contribution in [3.63, 3.8) is 0 Å². The summed E-state index contributed by atoms with van der Waals surface area (Å²) in [5.74, 6) is 0.805. The van der Waals surface area contributed by atoms with Gasteiger partial charge in [0, 0.05) is 25.0 Å². The van der Waals surface area contributed by atoms with E-state index in [-0.39, 0.29) is 11.2 Å². The smallest absolute Gasteiger partial charge is 0.233 e. The topological polar surface area (TPSA) is 59.8 Å². The van der Waals surface area contributed by atoms with Gasteiger partial charge in [-0.3, -0.25) is 4.79 Å². The molecular weight excluding hydrogens is 380 g/mol. The molecule has 0 saturated heterocycles. The third-order valence-corrected chi connectivity index (χ3v) is 5.70. The van der Waals surface area contributed by atoms with E-state index < -0.39 is 0 Å². The summed E-state index contributed by atoms with van der Waals surface area (Å²) in [5.41, 5.74) is 2.07. The second-order valence-corrected chi connectivity index (χ2v) is 7.90. The fourth-order valence-electron chi connectivity index (χ4n) is 2.56. The molecule has 1 aromatic heterocycles. The molecule has 0 radical (unpaired) electrons. The summed E-state index contributed by atoms with van der Waals surface area (Å²) in [4.78, 5) is 12.4. The molecule has 3 aromatic rings. The van der Waals surface area contributed by atoms with Gasteiger partial charge in [-0.1, -0.05) is 71.9 Å². The predicted molar refractivity (Wildman–Crippen MR) is 109 cm³/mol. The van der Waals surface area contributed by atoms with Crippen LogP contribution in [0.4, 0.5) is 0 Å². The van der Waals surface area contributed by atoms with E-state index in [1.54, 1.807) is 0 Å². The van der Waals surface area contributed by atoms with Gasteiger partial charge < -0.3 is 9.88 Å². The molecule has 0 aliphatic heterocycles. The highest BCUT2D eigenvalue weighted by Gasteiger charge is 2.19. The van der Waals surface area contributed by atoms with E-state index in [1.165, 1.54) is 17.3 Å². The highest BCUT2D eigenvalue weighted by atomic mass is 35.5. The van der Waals surface area contributed by atoms with E-state index in [9.17, 15) is 4.79 Å². The van der Waals surface area contributed by atoms with Crippen molar-refractivity contribution >= 4 is 29.3 Å². The van der Waals surface area contributed by atoms with Crippen LogP contribution in [0.1, 0.15) is 23.9 Å². The Morgan fingerprint density at radius 2 is 1.85 bits per heavy atom. The monoisotopic (exact) mass is 400 g/mol. The molecule has 27 heavy (non-hydrogen) atoms. The van der Waals surface area contributed by atoms with Crippen molar-refractivity contribution in [1.82, 2.24) is 20.1 Å². The standard InChI is InChI=1S/C20H21ClN4OS/c1-14(19(26)22-13-16-10-6-7-11-17(16)21)27-20-24-23-18(25(20)2)12-15-8-4-3-5-9-15/h3-11,14H,12-13H2,1-2H3,(H,22,26)/t14-/m1/s1. The molecule has 3 rings (SSSR count). The Balaban J connectivity index is 1.58. The number of nitrogens with zero attached hydrogens (tertiary/aromatic N) is 3. The van der Waals surface area contributed by atoms with E-state index in [2.05, 4.69) is 27.6 Å². The Hall–Kier alpha value is -2.31. The van der Waals surface area contributed by atoms with Crippen LogP contribution in [-0.2, 0) is 24.8 Å². The maximum Gasteiger partial charge on any atom is 0.233 e. The number of amides is 1. The van der Waals surface area contributed by atoms with Gasteiger partial charge >= 0.3 is 0 Å². The van der Waals surface area contributed by atoms with Crippen LogP contribution in [0.15, 0.2) is 59.8 Å². The lowest BCUT2D eigenvalue weighted by Crippen LogP contribution is -2.30. The van der Waals surface area contributed by atoms with Gasteiger partial charge in [-0.15, -0.1) is 10.2 Å². The van der Waals surface area contributed by atoms with E-state index in [1.807, 2.05) is 61.0 Å². The number of benzene rings is 2. The molecule has 0 unspecified atom stereocenters. The largest absolute Gasteiger partial charge is 0.351 e. The lowest BCUT2D eigenvalue weighted by atomic mass is 10.1. The van der Waals surface area contributed by atoms with Crippen LogP contribution in [0, 0.1) is 0 Å². The van der Waals surface area contributed by atoms with Gasteiger partial charge in [0.1, 0.15) is 5.82 Å². The van der Waals surface area contributed by atoms with Crippen molar-refractivity contribution in [2.45, 2.75) is 30.3 Å². The van der Waals surface area contributed by atoms with Crippen molar-refractivity contribution in [3.8, 4) is 0 Å². The average molecular weight is 401 g/mol. The Morgan fingerprint density at radius 1 is 1.15 bits per heavy atom. The van der Waals surface area contributed by atoms with Crippen molar-refractivity contribution in [2.75, 3.05) is 0 Å². The van der Waals surface area contributed by atoms with Gasteiger partial charge in [0.2, 0.25) is 5.91 Å². The van der Waals surface area contributed by atoms with Crippen molar-refractivity contribution < 1.29 is 4.79 Å². The SMILES string of the molecule is C[C@@H](Sc1nnc(Cc2ccccc2)n1C)C(=O)NCc1ccccc1Cl. The second kappa shape index (κ2) is 9.06.